The molecule has 3 atom stereocenters. The van der Waals surface area contributed by atoms with Gasteiger partial charge in [-0.2, -0.15) is 5.10 Å². The van der Waals surface area contributed by atoms with Gasteiger partial charge in [-0.05, 0) is 67.0 Å². The van der Waals surface area contributed by atoms with E-state index >= 15 is 0 Å². The van der Waals surface area contributed by atoms with E-state index in [9.17, 15) is 22.3 Å². The first-order chi connectivity index (χ1) is 16.5. The lowest BCUT2D eigenvalue weighted by molar-refractivity contribution is 0.198. The molecule has 0 aliphatic heterocycles. The molecule has 184 valence electrons. The molecular formula is C25H26F2N4O3S. The van der Waals surface area contributed by atoms with Crippen LogP contribution in [0.15, 0.2) is 47.5 Å². The van der Waals surface area contributed by atoms with Crippen molar-refractivity contribution in [3.8, 4) is 11.3 Å². The first-order valence-electron chi connectivity index (χ1n) is 11.5. The molecule has 0 amide bonds. The minimum absolute atomic E-state index is 0.0389. The van der Waals surface area contributed by atoms with E-state index in [-0.39, 0.29) is 28.7 Å². The first-order valence-corrected chi connectivity index (χ1v) is 12.9. The number of nitrogens with one attached hydrogen (secondary N) is 1. The third-order valence-electron chi connectivity index (χ3n) is 7.61. The third-order valence-corrected chi connectivity index (χ3v) is 8.93. The number of halogens is 2. The molecule has 2 heterocycles. The highest BCUT2D eigenvalue weighted by Gasteiger charge is 2.65. The van der Waals surface area contributed by atoms with Crippen LogP contribution in [-0.2, 0) is 15.4 Å². The van der Waals surface area contributed by atoms with Crippen LogP contribution in [0.25, 0.3) is 11.3 Å². The van der Waals surface area contributed by atoms with Crippen LogP contribution in [0, 0.1) is 17.0 Å². The summed E-state index contributed by atoms with van der Waals surface area (Å²) in [6.07, 6.45) is 0.646. The van der Waals surface area contributed by atoms with Crippen LogP contribution in [0.5, 0.6) is 0 Å². The van der Waals surface area contributed by atoms with Gasteiger partial charge in [0.1, 0.15) is 11.6 Å². The van der Waals surface area contributed by atoms with E-state index in [0.29, 0.717) is 17.8 Å². The second-order valence-corrected chi connectivity index (χ2v) is 11.6. The molecule has 2 N–H and O–H groups in total. The maximum absolute atomic E-state index is 14.4. The fraction of sp³-hybridized carbons (Fsp3) is 0.400. The van der Waals surface area contributed by atoms with E-state index in [0.717, 1.165) is 12.0 Å². The summed E-state index contributed by atoms with van der Waals surface area (Å²) in [4.78, 5) is 4.56. The maximum atomic E-state index is 14.4. The zero-order valence-corrected chi connectivity index (χ0v) is 20.4. The van der Waals surface area contributed by atoms with Crippen molar-refractivity contribution in [1.29, 1.82) is 0 Å². The van der Waals surface area contributed by atoms with Crippen molar-refractivity contribution in [1.82, 2.24) is 19.9 Å². The number of pyridine rings is 1. The Morgan fingerprint density at radius 2 is 1.83 bits per heavy atom. The summed E-state index contributed by atoms with van der Waals surface area (Å²) in [5.74, 6) is -1.38. The number of nitrogens with zero attached hydrogens (tertiary/aromatic N) is 3. The minimum atomic E-state index is -3.94. The molecule has 1 fully saturated rings. The Bertz CT molecular complexity index is 1410. The predicted octanol–water partition coefficient (Wildman–Crippen LogP) is 3.68. The van der Waals surface area contributed by atoms with Gasteiger partial charge in [0.25, 0.3) is 10.0 Å². The van der Waals surface area contributed by atoms with Crippen molar-refractivity contribution in [2.24, 2.45) is 5.41 Å². The molecule has 0 saturated heterocycles. The van der Waals surface area contributed by atoms with E-state index in [1.807, 2.05) is 0 Å². The summed E-state index contributed by atoms with van der Waals surface area (Å²) in [7, 11) is -3.94. The third kappa shape index (κ3) is 3.49. The van der Waals surface area contributed by atoms with Gasteiger partial charge in [-0.25, -0.2) is 26.9 Å². The zero-order chi connectivity index (χ0) is 25.2. The fourth-order valence-electron chi connectivity index (χ4n) is 5.86. The number of hydrogen-bond donors (Lipinski definition) is 2. The van der Waals surface area contributed by atoms with E-state index in [2.05, 4.69) is 33.8 Å². The number of aliphatic hydroxyl groups excluding tert-OH is 1. The lowest BCUT2D eigenvalue weighted by Gasteiger charge is -2.37. The van der Waals surface area contributed by atoms with Crippen molar-refractivity contribution in [3.05, 3.63) is 71.1 Å². The maximum Gasteiger partial charge on any atom is 0.258 e. The quantitative estimate of drug-likeness (QED) is 0.535. The first kappa shape index (κ1) is 23.9. The van der Waals surface area contributed by atoms with Gasteiger partial charge in [0.2, 0.25) is 0 Å². The Balaban J connectivity index is 1.63. The molecule has 0 unspecified atom stereocenters. The number of fused-ring (bicyclic) bond motifs is 5. The average molecular weight is 501 g/mol. The predicted molar refractivity (Wildman–Crippen MR) is 125 cm³/mol. The number of sulfonamides is 1. The van der Waals surface area contributed by atoms with E-state index < -0.39 is 38.6 Å². The van der Waals surface area contributed by atoms with Gasteiger partial charge < -0.3 is 5.11 Å². The van der Waals surface area contributed by atoms with Crippen LogP contribution in [-0.4, -0.2) is 41.4 Å². The summed E-state index contributed by atoms with van der Waals surface area (Å²) in [5.41, 5.74) is 0.899. The second kappa shape index (κ2) is 8.11. The second-order valence-electron chi connectivity index (χ2n) is 9.91. The highest BCUT2D eigenvalue weighted by Crippen LogP contribution is 2.69. The van der Waals surface area contributed by atoms with Gasteiger partial charge in [-0.3, -0.25) is 0 Å². The highest BCUT2D eigenvalue weighted by atomic mass is 32.2. The lowest BCUT2D eigenvalue weighted by Crippen LogP contribution is -2.38. The van der Waals surface area contributed by atoms with E-state index in [4.69, 9.17) is 0 Å². The molecule has 2 aromatic heterocycles. The molecule has 35 heavy (non-hydrogen) atoms. The topological polar surface area (TPSA) is 105 Å². The van der Waals surface area contributed by atoms with Gasteiger partial charge in [0, 0.05) is 6.54 Å². The van der Waals surface area contributed by atoms with Gasteiger partial charge in [0.05, 0.1) is 34.2 Å². The molecule has 5 rings (SSSR count). The van der Waals surface area contributed by atoms with E-state index in [1.165, 1.54) is 31.2 Å². The molecule has 1 saturated carbocycles. The Hall–Kier alpha value is -2.82. The summed E-state index contributed by atoms with van der Waals surface area (Å²) in [6.45, 7) is 5.53. The molecule has 2 aliphatic rings. The smallest absolute Gasteiger partial charge is 0.258 e. The Morgan fingerprint density at radius 1 is 1.14 bits per heavy atom. The lowest BCUT2D eigenvalue weighted by atomic mass is 9.66. The van der Waals surface area contributed by atoms with Crippen LogP contribution < -0.4 is 4.72 Å². The van der Waals surface area contributed by atoms with Crippen molar-refractivity contribution >= 4 is 10.0 Å². The molecule has 0 spiro atoms. The van der Waals surface area contributed by atoms with Crippen LogP contribution in [0.3, 0.4) is 0 Å². The van der Waals surface area contributed by atoms with Gasteiger partial charge in [-0.15, -0.1) is 5.10 Å². The summed E-state index contributed by atoms with van der Waals surface area (Å²) >= 11 is 0. The average Bonchev–Trinajstić information content (AvgIpc) is 3.19. The van der Waals surface area contributed by atoms with Crippen molar-refractivity contribution in [3.63, 3.8) is 0 Å². The molecule has 7 nitrogen and oxygen atoms in total. The summed E-state index contributed by atoms with van der Waals surface area (Å²) in [6, 6.07) is 10.2. The molecule has 2 aliphatic carbocycles. The van der Waals surface area contributed by atoms with Crippen LogP contribution in [0.4, 0.5) is 8.78 Å². The molecule has 0 radical (unpaired) electrons. The SMILES string of the molecule is C[C@@H](O)CNS(=O)(=O)c1cccc([C@]23CC[C@@H](c4cc(-c5c(F)cccc5F)nnc42)C3(C)C)n1. The zero-order valence-electron chi connectivity index (χ0n) is 19.6. The van der Waals surface area contributed by atoms with Gasteiger partial charge >= 0.3 is 0 Å². The van der Waals surface area contributed by atoms with Crippen LogP contribution >= 0.6 is 0 Å². The Labute approximate surface area is 202 Å². The summed E-state index contributed by atoms with van der Waals surface area (Å²) < 4.78 is 56.8. The molecular weight excluding hydrogens is 474 g/mol. The monoisotopic (exact) mass is 500 g/mol. The van der Waals surface area contributed by atoms with Crippen molar-refractivity contribution in [2.45, 2.75) is 56.1 Å². The standard InChI is InChI=1S/C25H26F2N4O3S/c1-14(32)13-28-35(33,34)21-9-5-8-20(29-21)25-11-10-16(24(25,2)3)15-12-19(30-31-23(15)25)22-17(26)6-4-7-18(22)27/h4-9,12,14,16,28,32H,10-11,13H2,1-3H3/t14-,16+,25-/m1/s1. The molecule has 2 bridgehead atoms. The normalized spacial score (nSPS) is 23.3. The number of hydrogen-bond acceptors (Lipinski definition) is 6. The molecule has 1 aromatic carbocycles. The van der Waals surface area contributed by atoms with E-state index in [1.54, 1.807) is 18.2 Å². The number of aromatic nitrogens is 3. The molecule has 10 heteroatoms. The Kier molecular flexibility index (Phi) is 5.54. The minimum Gasteiger partial charge on any atom is -0.392 e. The van der Waals surface area contributed by atoms with Crippen molar-refractivity contribution in [2.75, 3.05) is 6.54 Å². The van der Waals surface area contributed by atoms with Gasteiger partial charge in [0.15, 0.2) is 5.03 Å². The largest absolute Gasteiger partial charge is 0.392 e. The van der Waals surface area contributed by atoms with Crippen molar-refractivity contribution < 1.29 is 22.3 Å². The fourth-order valence-corrected chi connectivity index (χ4v) is 6.95. The van der Waals surface area contributed by atoms with Crippen LogP contribution in [0.1, 0.15) is 56.5 Å². The van der Waals surface area contributed by atoms with Gasteiger partial charge in [-0.1, -0.05) is 26.0 Å². The Morgan fingerprint density at radius 3 is 2.51 bits per heavy atom. The molecule has 3 aromatic rings. The number of rotatable bonds is 6. The van der Waals surface area contributed by atoms with Crippen LogP contribution in [0.2, 0.25) is 0 Å². The number of benzene rings is 1. The summed E-state index contributed by atoms with van der Waals surface area (Å²) in [5, 5.41) is 18.0. The highest BCUT2D eigenvalue weighted by molar-refractivity contribution is 7.89. The number of aliphatic hydroxyl groups is 1.